The summed E-state index contributed by atoms with van der Waals surface area (Å²) in [5.41, 5.74) is 3.71. The predicted molar refractivity (Wildman–Crippen MR) is 86.7 cm³/mol. The van der Waals surface area contributed by atoms with Crippen molar-refractivity contribution in [3.8, 4) is 0 Å². The van der Waals surface area contributed by atoms with Crippen LogP contribution in [0, 0.1) is 13.8 Å². The van der Waals surface area contributed by atoms with Crippen molar-refractivity contribution in [3.63, 3.8) is 0 Å². The fraction of sp³-hybridized carbons (Fsp3) is 0.214. The maximum atomic E-state index is 6.09. The molecule has 0 aliphatic carbocycles. The van der Waals surface area contributed by atoms with Gasteiger partial charge in [-0.2, -0.15) is 9.61 Å². The molecule has 108 valence electrons. The summed E-state index contributed by atoms with van der Waals surface area (Å²) >= 11 is 9.57. The monoisotopic (exact) mass is 365 g/mol. The fourth-order valence-electron chi connectivity index (χ4n) is 2.10. The average Bonchev–Trinajstić information content (AvgIpc) is 2.73. The zero-order valence-corrected chi connectivity index (χ0v) is 13.9. The van der Waals surface area contributed by atoms with E-state index in [1.807, 2.05) is 26.0 Å². The molecule has 0 radical (unpaired) electrons. The van der Waals surface area contributed by atoms with E-state index in [0.29, 0.717) is 17.3 Å². The summed E-state index contributed by atoms with van der Waals surface area (Å²) in [6.45, 7) is 4.55. The first-order valence-corrected chi connectivity index (χ1v) is 7.58. The van der Waals surface area contributed by atoms with Crippen LogP contribution in [0.15, 0.2) is 28.9 Å². The predicted octanol–water partition coefficient (Wildman–Crippen LogP) is 3.77. The summed E-state index contributed by atoms with van der Waals surface area (Å²) in [4.78, 5) is 8.49. The first-order valence-electron chi connectivity index (χ1n) is 6.41. The Balaban J connectivity index is 1.95. The van der Waals surface area contributed by atoms with Gasteiger partial charge in [-0.15, -0.1) is 0 Å². The molecular weight excluding hydrogens is 354 g/mol. The zero-order chi connectivity index (χ0) is 15.0. The molecule has 0 saturated heterocycles. The van der Waals surface area contributed by atoms with Crippen molar-refractivity contribution in [2.24, 2.45) is 0 Å². The molecule has 0 atom stereocenters. The number of pyridine rings is 1. The van der Waals surface area contributed by atoms with E-state index in [0.717, 1.165) is 27.2 Å². The van der Waals surface area contributed by atoms with Crippen LogP contribution in [0.3, 0.4) is 0 Å². The van der Waals surface area contributed by atoms with Gasteiger partial charge < -0.3 is 5.32 Å². The largest absolute Gasteiger partial charge is 0.366 e. The lowest BCUT2D eigenvalue weighted by atomic mass is 10.2. The van der Waals surface area contributed by atoms with E-state index in [1.165, 1.54) is 0 Å². The summed E-state index contributed by atoms with van der Waals surface area (Å²) in [5, 5.41) is 8.22. The minimum atomic E-state index is 0.427. The Morgan fingerprint density at radius 3 is 2.90 bits per heavy atom. The molecule has 5 nitrogen and oxygen atoms in total. The number of anilines is 1. The van der Waals surface area contributed by atoms with Gasteiger partial charge in [0.2, 0.25) is 0 Å². The molecular formula is C14H13BrClN5. The standard InChI is InChI=1S/C14H13BrClN5/c1-8-5-10(3-4-17-8)7-18-12-6-11(16)19-14-13(15)9(2)20-21(12)14/h3-6,18H,7H2,1-2H3. The Morgan fingerprint density at radius 1 is 1.33 bits per heavy atom. The molecule has 3 aromatic rings. The van der Waals surface area contributed by atoms with Crippen LogP contribution < -0.4 is 5.32 Å². The van der Waals surface area contributed by atoms with Crippen LogP contribution in [0.4, 0.5) is 5.82 Å². The molecule has 0 amide bonds. The van der Waals surface area contributed by atoms with Gasteiger partial charge in [0, 0.05) is 24.5 Å². The highest BCUT2D eigenvalue weighted by Crippen LogP contribution is 2.25. The first-order chi connectivity index (χ1) is 10.0. The van der Waals surface area contributed by atoms with Crippen LogP contribution in [0.25, 0.3) is 5.65 Å². The summed E-state index contributed by atoms with van der Waals surface area (Å²) < 4.78 is 2.60. The van der Waals surface area contributed by atoms with E-state index in [1.54, 1.807) is 16.8 Å². The Morgan fingerprint density at radius 2 is 2.14 bits per heavy atom. The molecule has 0 unspecified atom stereocenters. The van der Waals surface area contributed by atoms with Crippen molar-refractivity contribution in [3.05, 3.63) is 51.0 Å². The van der Waals surface area contributed by atoms with Crippen LogP contribution in [-0.4, -0.2) is 19.6 Å². The summed E-state index contributed by atoms with van der Waals surface area (Å²) in [5.74, 6) is 0.799. The molecule has 0 aliphatic heterocycles. The highest BCUT2D eigenvalue weighted by molar-refractivity contribution is 9.10. The molecule has 3 aromatic heterocycles. The smallest absolute Gasteiger partial charge is 0.173 e. The Hall–Kier alpha value is -1.66. The highest BCUT2D eigenvalue weighted by atomic mass is 79.9. The zero-order valence-electron chi connectivity index (χ0n) is 11.6. The van der Waals surface area contributed by atoms with Crippen molar-refractivity contribution in [1.29, 1.82) is 0 Å². The van der Waals surface area contributed by atoms with Crippen LogP contribution in [0.1, 0.15) is 17.0 Å². The minimum absolute atomic E-state index is 0.427. The SMILES string of the molecule is Cc1cc(CNc2cc(Cl)nc3c(Br)c(C)nn23)ccn1. The number of fused-ring (bicyclic) bond motifs is 1. The lowest BCUT2D eigenvalue weighted by molar-refractivity contribution is 0.906. The van der Waals surface area contributed by atoms with Crippen LogP contribution >= 0.6 is 27.5 Å². The maximum absolute atomic E-state index is 6.09. The number of rotatable bonds is 3. The third-order valence-corrected chi connectivity index (χ3v) is 4.22. The van der Waals surface area contributed by atoms with Gasteiger partial charge in [-0.1, -0.05) is 11.6 Å². The van der Waals surface area contributed by atoms with Gasteiger partial charge in [0.25, 0.3) is 0 Å². The van der Waals surface area contributed by atoms with Gasteiger partial charge in [0.15, 0.2) is 5.65 Å². The van der Waals surface area contributed by atoms with Gasteiger partial charge in [-0.25, -0.2) is 4.98 Å². The number of hydrogen-bond acceptors (Lipinski definition) is 4. The molecule has 3 heterocycles. The number of hydrogen-bond donors (Lipinski definition) is 1. The van der Waals surface area contributed by atoms with E-state index in [-0.39, 0.29) is 0 Å². The first kappa shape index (κ1) is 14.3. The van der Waals surface area contributed by atoms with Gasteiger partial charge in [0.1, 0.15) is 11.0 Å². The van der Waals surface area contributed by atoms with Crippen molar-refractivity contribution >= 4 is 39.0 Å². The van der Waals surface area contributed by atoms with Crippen molar-refractivity contribution in [1.82, 2.24) is 19.6 Å². The molecule has 21 heavy (non-hydrogen) atoms. The molecule has 3 rings (SSSR count). The van der Waals surface area contributed by atoms with Gasteiger partial charge in [0.05, 0.1) is 10.2 Å². The van der Waals surface area contributed by atoms with E-state index >= 15 is 0 Å². The van der Waals surface area contributed by atoms with Crippen LogP contribution in [-0.2, 0) is 6.54 Å². The molecule has 0 saturated carbocycles. The maximum Gasteiger partial charge on any atom is 0.173 e. The van der Waals surface area contributed by atoms with Crippen LogP contribution in [0.2, 0.25) is 5.15 Å². The highest BCUT2D eigenvalue weighted by Gasteiger charge is 2.12. The second-order valence-electron chi connectivity index (χ2n) is 4.76. The third kappa shape index (κ3) is 2.87. The second kappa shape index (κ2) is 5.61. The number of nitrogens with one attached hydrogen (secondary N) is 1. The van der Waals surface area contributed by atoms with Crippen molar-refractivity contribution in [2.75, 3.05) is 5.32 Å². The van der Waals surface area contributed by atoms with Gasteiger partial charge in [-0.3, -0.25) is 4.98 Å². The fourth-order valence-corrected chi connectivity index (χ4v) is 2.62. The van der Waals surface area contributed by atoms with Crippen LogP contribution in [0.5, 0.6) is 0 Å². The summed E-state index contributed by atoms with van der Waals surface area (Å²) in [6, 6.07) is 5.78. The molecule has 0 aromatic carbocycles. The number of aryl methyl sites for hydroxylation is 2. The molecule has 7 heteroatoms. The lowest BCUT2D eigenvalue weighted by Gasteiger charge is -2.09. The molecule has 0 bridgehead atoms. The number of aromatic nitrogens is 4. The Labute approximate surface area is 135 Å². The van der Waals surface area contributed by atoms with E-state index in [4.69, 9.17) is 11.6 Å². The third-order valence-electron chi connectivity index (χ3n) is 3.10. The van der Waals surface area contributed by atoms with E-state index in [2.05, 4.69) is 36.3 Å². The molecule has 0 spiro atoms. The lowest BCUT2D eigenvalue weighted by Crippen LogP contribution is -2.06. The van der Waals surface area contributed by atoms with E-state index < -0.39 is 0 Å². The molecule has 0 fully saturated rings. The Kier molecular flexibility index (Phi) is 3.82. The normalized spacial score (nSPS) is 11.0. The quantitative estimate of drug-likeness (QED) is 0.717. The van der Waals surface area contributed by atoms with Crippen molar-refractivity contribution in [2.45, 2.75) is 20.4 Å². The van der Waals surface area contributed by atoms with Gasteiger partial charge in [-0.05, 0) is 47.5 Å². The number of halogens is 2. The summed E-state index contributed by atoms with van der Waals surface area (Å²) in [7, 11) is 0. The van der Waals surface area contributed by atoms with Gasteiger partial charge >= 0.3 is 0 Å². The minimum Gasteiger partial charge on any atom is -0.366 e. The second-order valence-corrected chi connectivity index (χ2v) is 5.94. The van der Waals surface area contributed by atoms with E-state index in [9.17, 15) is 0 Å². The topological polar surface area (TPSA) is 55.1 Å². The van der Waals surface area contributed by atoms with Crippen molar-refractivity contribution < 1.29 is 0 Å². The number of nitrogens with zero attached hydrogens (tertiary/aromatic N) is 4. The summed E-state index contributed by atoms with van der Waals surface area (Å²) in [6.07, 6.45) is 1.80. The Bertz CT molecular complexity index is 814. The molecule has 1 N–H and O–H groups in total. The molecule has 0 aliphatic rings. The average molecular weight is 367 g/mol.